The molecule has 5 heteroatoms. The van der Waals surface area contributed by atoms with Crippen LogP contribution in [-0.4, -0.2) is 38.2 Å². The van der Waals surface area contributed by atoms with Gasteiger partial charge in [0.1, 0.15) is 24.3 Å². The smallest absolute Gasteiger partial charge is 0.276 e. The fourth-order valence-electron chi connectivity index (χ4n) is 4.84. The second-order valence-corrected chi connectivity index (χ2v) is 9.91. The van der Waals surface area contributed by atoms with Gasteiger partial charge in [0.15, 0.2) is 6.21 Å². The predicted octanol–water partition coefficient (Wildman–Crippen LogP) is 6.71. The number of imidazole rings is 1. The summed E-state index contributed by atoms with van der Waals surface area (Å²) >= 11 is 0. The van der Waals surface area contributed by atoms with Crippen LogP contribution in [0.5, 0.6) is 5.75 Å². The van der Waals surface area contributed by atoms with Crippen LogP contribution in [0.4, 0.5) is 0 Å². The molecule has 0 radical (unpaired) electrons. The van der Waals surface area contributed by atoms with E-state index >= 15 is 0 Å². The molecule has 0 saturated carbocycles. The van der Waals surface area contributed by atoms with Crippen LogP contribution in [0, 0.1) is 0 Å². The molecule has 1 unspecified atom stereocenters. The van der Waals surface area contributed by atoms with Gasteiger partial charge in [-0.1, -0.05) is 76.2 Å². The zero-order valence-electron chi connectivity index (χ0n) is 23.4. The van der Waals surface area contributed by atoms with Crippen molar-refractivity contribution in [2.75, 3.05) is 7.05 Å². The van der Waals surface area contributed by atoms with E-state index in [1.807, 2.05) is 58.8 Å². The summed E-state index contributed by atoms with van der Waals surface area (Å²) < 4.78 is 21.1. The van der Waals surface area contributed by atoms with Gasteiger partial charge in [0, 0.05) is 23.5 Å². The highest BCUT2D eigenvalue weighted by molar-refractivity contribution is 6.37. The summed E-state index contributed by atoms with van der Waals surface area (Å²) in [6.07, 6.45) is 1.68. The predicted molar refractivity (Wildman–Crippen MR) is 147 cm³/mol. The fourth-order valence-corrected chi connectivity index (χ4v) is 4.84. The molecule has 1 aliphatic heterocycles. The molecular formula is C31H33N4O+. The lowest BCUT2D eigenvalue weighted by Crippen LogP contribution is -2.10. The molecular weight excluding hydrogens is 444 g/mol. The van der Waals surface area contributed by atoms with Crippen LogP contribution in [-0.2, 0) is 0 Å². The number of benzene rings is 3. The van der Waals surface area contributed by atoms with Crippen LogP contribution < -0.4 is 0 Å². The Morgan fingerprint density at radius 3 is 2.28 bits per heavy atom. The van der Waals surface area contributed by atoms with Crippen molar-refractivity contribution in [2.45, 2.75) is 45.7 Å². The van der Waals surface area contributed by atoms with Crippen LogP contribution >= 0.6 is 0 Å². The number of phenolic OH excluding ortho intramolecular Hbond substituents is 1. The van der Waals surface area contributed by atoms with Crippen molar-refractivity contribution in [1.82, 2.24) is 9.55 Å². The normalized spacial score (nSPS) is 16.2. The fraction of sp³-hybridized carbons (Fsp3) is 0.258. The van der Waals surface area contributed by atoms with E-state index in [9.17, 15) is 5.11 Å². The number of aromatic nitrogens is 2. The van der Waals surface area contributed by atoms with Gasteiger partial charge in [-0.25, -0.2) is 14.6 Å². The number of para-hydroxylation sites is 2. The molecule has 182 valence electrons. The first-order chi connectivity index (χ1) is 18.2. The second kappa shape index (κ2) is 9.57. The summed E-state index contributed by atoms with van der Waals surface area (Å²) in [7, 11) is 1.94. The summed E-state index contributed by atoms with van der Waals surface area (Å²) in [6, 6.07) is 21.5. The average Bonchev–Trinajstić information content (AvgIpc) is 3.43. The number of aromatic hydroxyl groups is 1. The van der Waals surface area contributed by atoms with Crippen molar-refractivity contribution in [3.05, 3.63) is 101 Å². The van der Waals surface area contributed by atoms with E-state index < -0.39 is 0 Å². The maximum atomic E-state index is 10.4. The summed E-state index contributed by atoms with van der Waals surface area (Å²) in [5.74, 6) is 1.27. The molecule has 36 heavy (non-hydrogen) atoms. The Balaban J connectivity index is 1.65. The third kappa shape index (κ3) is 4.26. The standard InChI is InChI=1S/C31H32N4O/c1-20(2)24-13-9-14-25(21(3)4)29(24)35-17-16-32-30(35)23-11-8-10-22(18-23)27-19-34(5)31(33-27)26-12-6-7-15-28(26)36/h6-21,31H,1-5H3/p+1/i16D,17D. The largest absolute Gasteiger partial charge is 0.507 e. The van der Waals surface area contributed by atoms with Crippen molar-refractivity contribution in [3.63, 3.8) is 0 Å². The highest BCUT2D eigenvalue weighted by Crippen LogP contribution is 2.34. The minimum atomic E-state index is -0.317. The molecule has 5 nitrogen and oxygen atoms in total. The van der Waals surface area contributed by atoms with Gasteiger partial charge in [-0.15, -0.1) is 0 Å². The van der Waals surface area contributed by atoms with Crippen LogP contribution in [0.1, 0.15) is 70.7 Å². The number of rotatable bonds is 6. The van der Waals surface area contributed by atoms with E-state index in [0.717, 1.165) is 39.2 Å². The third-order valence-electron chi connectivity index (χ3n) is 6.71. The summed E-state index contributed by atoms with van der Waals surface area (Å²) in [5.41, 5.74) is 6.45. The van der Waals surface area contributed by atoms with E-state index in [1.54, 1.807) is 12.1 Å². The van der Waals surface area contributed by atoms with E-state index in [-0.39, 0.29) is 36.1 Å². The van der Waals surface area contributed by atoms with Gasteiger partial charge in [0.05, 0.1) is 14.0 Å². The quantitative estimate of drug-likeness (QED) is 0.313. The SMILES string of the molecule is [2H]c1nc(-c2cccc(C3=NC(c4ccccc4O)[N+](C)=C3)c2)n(-c2c(C(C)C)cccc2C(C)C)c1[2H]. The van der Waals surface area contributed by atoms with Crippen molar-refractivity contribution in [1.29, 1.82) is 0 Å². The van der Waals surface area contributed by atoms with Crippen LogP contribution in [0.2, 0.25) is 0 Å². The molecule has 1 aliphatic rings. The van der Waals surface area contributed by atoms with Crippen molar-refractivity contribution >= 4 is 11.9 Å². The van der Waals surface area contributed by atoms with Crippen LogP contribution in [0.25, 0.3) is 17.1 Å². The van der Waals surface area contributed by atoms with Crippen LogP contribution in [0.15, 0.2) is 84.1 Å². The molecule has 0 saturated heterocycles. The Bertz CT molecular complexity index is 1560. The zero-order valence-corrected chi connectivity index (χ0v) is 21.4. The van der Waals surface area contributed by atoms with E-state index in [1.165, 1.54) is 0 Å². The molecule has 1 aromatic heterocycles. The summed E-state index contributed by atoms with van der Waals surface area (Å²) in [6.45, 7) is 8.60. The molecule has 5 rings (SSSR count). The molecule has 0 fully saturated rings. The summed E-state index contributed by atoms with van der Waals surface area (Å²) in [5, 5.41) is 10.4. The third-order valence-corrected chi connectivity index (χ3v) is 6.71. The first-order valence-electron chi connectivity index (χ1n) is 13.4. The van der Waals surface area contributed by atoms with Crippen molar-refractivity contribution < 1.29 is 12.4 Å². The number of nitrogens with zero attached hydrogens (tertiary/aromatic N) is 4. The molecule has 0 bridgehead atoms. The molecule has 3 aromatic carbocycles. The lowest BCUT2D eigenvalue weighted by Gasteiger charge is -2.21. The number of hydrogen-bond donors (Lipinski definition) is 1. The van der Waals surface area contributed by atoms with Crippen LogP contribution in [0.3, 0.4) is 0 Å². The number of hydrogen-bond acceptors (Lipinski definition) is 3. The Kier molecular flexibility index (Phi) is 5.67. The van der Waals surface area contributed by atoms with Crippen molar-refractivity contribution in [2.24, 2.45) is 4.99 Å². The maximum Gasteiger partial charge on any atom is 0.276 e. The Morgan fingerprint density at radius 2 is 1.58 bits per heavy atom. The van der Waals surface area contributed by atoms with Gasteiger partial charge in [-0.3, -0.25) is 4.57 Å². The minimum Gasteiger partial charge on any atom is -0.507 e. The van der Waals surface area contributed by atoms with Gasteiger partial charge in [0.25, 0.3) is 6.17 Å². The van der Waals surface area contributed by atoms with E-state index in [2.05, 4.69) is 50.9 Å². The van der Waals surface area contributed by atoms with Crippen molar-refractivity contribution in [3.8, 4) is 22.8 Å². The zero-order chi connectivity index (χ0) is 27.1. The Morgan fingerprint density at radius 1 is 0.917 bits per heavy atom. The molecule has 0 aliphatic carbocycles. The lowest BCUT2D eigenvalue weighted by molar-refractivity contribution is -0.533. The van der Waals surface area contributed by atoms with Gasteiger partial charge < -0.3 is 5.11 Å². The van der Waals surface area contributed by atoms with Gasteiger partial charge in [-0.05, 0) is 41.2 Å². The molecule has 2 heterocycles. The summed E-state index contributed by atoms with van der Waals surface area (Å²) in [4.78, 5) is 9.47. The Hall–Kier alpha value is -3.99. The molecule has 1 atom stereocenters. The molecule has 4 aromatic rings. The molecule has 0 amide bonds. The second-order valence-electron chi connectivity index (χ2n) is 9.91. The first-order valence-corrected chi connectivity index (χ1v) is 12.4. The lowest BCUT2D eigenvalue weighted by atomic mass is 9.92. The maximum absolute atomic E-state index is 10.4. The number of aliphatic imine (C=N–C) groups is 1. The topological polar surface area (TPSA) is 53.4 Å². The van der Waals surface area contributed by atoms with E-state index in [4.69, 9.17) is 7.73 Å². The molecule has 1 N–H and O–H groups in total. The highest BCUT2D eigenvalue weighted by atomic mass is 16.3. The average molecular weight is 480 g/mol. The van der Waals surface area contributed by atoms with Gasteiger partial charge in [-0.2, -0.15) is 0 Å². The van der Waals surface area contributed by atoms with Gasteiger partial charge in [0.2, 0.25) is 0 Å². The molecule has 0 spiro atoms. The highest BCUT2D eigenvalue weighted by Gasteiger charge is 2.29. The first kappa shape index (κ1) is 21.3. The Labute approximate surface area is 215 Å². The number of phenols is 1. The monoisotopic (exact) mass is 479 g/mol. The minimum absolute atomic E-state index is 0.0530. The van der Waals surface area contributed by atoms with Gasteiger partial charge >= 0.3 is 0 Å². The van der Waals surface area contributed by atoms with E-state index in [0.29, 0.717) is 5.82 Å².